The average molecular weight is 362 g/mol. The second-order valence-corrected chi connectivity index (χ2v) is 6.70. The van der Waals surface area contributed by atoms with Gasteiger partial charge in [-0.05, 0) is 55.7 Å². The number of anilines is 1. The second kappa shape index (κ2) is 7.99. The van der Waals surface area contributed by atoms with Gasteiger partial charge in [-0.2, -0.15) is 0 Å². The normalized spacial score (nSPS) is 13.7. The van der Waals surface area contributed by atoms with Crippen LogP contribution in [0.15, 0.2) is 60.2 Å². The molecular formula is C22H22N2O3. The molecule has 1 heterocycles. The lowest BCUT2D eigenvalue weighted by atomic mass is 9.99. The summed E-state index contributed by atoms with van der Waals surface area (Å²) < 4.78 is 0. The third-order valence-electron chi connectivity index (χ3n) is 4.66. The van der Waals surface area contributed by atoms with E-state index in [1.54, 1.807) is 36.1 Å². The largest absolute Gasteiger partial charge is 0.334 e. The summed E-state index contributed by atoms with van der Waals surface area (Å²) in [5.41, 5.74) is 3.98. The standard InChI is InChI=1S/C22H22N2O3/c1-15(13-21(26)23-20-9-7-17(8-10-20)16(2)25)22(27)24-12-11-18-5-3-4-6-19(18)14-24/h3-10,13H,11-12,14H2,1-2H3,(H,23,26)/b15-13-. The Morgan fingerprint density at radius 1 is 0.963 bits per heavy atom. The number of hydrogen-bond donors (Lipinski definition) is 1. The van der Waals surface area contributed by atoms with E-state index in [1.165, 1.54) is 18.6 Å². The van der Waals surface area contributed by atoms with E-state index >= 15 is 0 Å². The first-order chi connectivity index (χ1) is 12.9. The first-order valence-electron chi connectivity index (χ1n) is 8.90. The van der Waals surface area contributed by atoms with Crippen molar-refractivity contribution < 1.29 is 14.4 Å². The Morgan fingerprint density at radius 3 is 2.30 bits per heavy atom. The number of amides is 2. The van der Waals surface area contributed by atoms with Crippen molar-refractivity contribution in [3.8, 4) is 0 Å². The molecule has 0 unspecified atom stereocenters. The predicted octanol–water partition coefficient (Wildman–Crippen LogP) is 3.36. The van der Waals surface area contributed by atoms with Gasteiger partial charge in [0, 0.05) is 36.0 Å². The maximum Gasteiger partial charge on any atom is 0.249 e. The van der Waals surface area contributed by atoms with Gasteiger partial charge in [0.15, 0.2) is 5.78 Å². The lowest BCUT2D eigenvalue weighted by Gasteiger charge is -2.29. The average Bonchev–Trinajstić information content (AvgIpc) is 2.67. The van der Waals surface area contributed by atoms with Crippen LogP contribution in [0.5, 0.6) is 0 Å². The SMILES string of the molecule is CC(=O)c1ccc(NC(=O)/C=C(/C)C(=O)N2CCc3ccccc3C2)cc1. The number of fused-ring (bicyclic) bond motifs is 1. The quantitative estimate of drug-likeness (QED) is 0.670. The molecule has 5 nitrogen and oxygen atoms in total. The summed E-state index contributed by atoms with van der Waals surface area (Å²) >= 11 is 0. The lowest BCUT2D eigenvalue weighted by molar-refractivity contribution is -0.128. The molecule has 3 rings (SSSR count). The molecule has 27 heavy (non-hydrogen) atoms. The minimum absolute atomic E-state index is 0.0303. The van der Waals surface area contributed by atoms with Gasteiger partial charge in [-0.15, -0.1) is 0 Å². The molecule has 0 spiro atoms. The number of carbonyl (C=O) groups is 3. The number of rotatable bonds is 4. The third-order valence-corrected chi connectivity index (χ3v) is 4.66. The van der Waals surface area contributed by atoms with Crippen LogP contribution in [0.4, 0.5) is 5.69 Å². The number of Topliss-reactive ketones (excluding diaryl/α,β-unsaturated/α-hetero) is 1. The second-order valence-electron chi connectivity index (χ2n) is 6.70. The van der Waals surface area contributed by atoms with E-state index in [2.05, 4.69) is 11.4 Å². The number of benzene rings is 2. The van der Waals surface area contributed by atoms with Gasteiger partial charge in [0.1, 0.15) is 0 Å². The molecule has 0 saturated heterocycles. The molecule has 1 N–H and O–H groups in total. The first kappa shape index (κ1) is 18.6. The summed E-state index contributed by atoms with van der Waals surface area (Å²) in [5, 5.41) is 2.72. The van der Waals surface area contributed by atoms with Crippen molar-refractivity contribution in [1.82, 2.24) is 4.90 Å². The van der Waals surface area contributed by atoms with Crippen molar-refractivity contribution in [3.05, 3.63) is 76.9 Å². The minimum Gasteiger partial charge on any atom is -0.334 e. The molecule has 5 heteroatoms. The summed E-state index contributed by atoms with van der Waals surface area (Å²) in [4.78, 5) is 37.9. The molecule has 0 atom stereocenters. The highest BCUT2D eigenvalue weighted by Crippen LogP contribution is 2.20. The Balaban J connectivity index is 1.63. The van der Waals surface area contributed by atoms with Gasteiger partial charge in [-0.1, -0.05) is 24.3 Å². The number of carbonyl (C=O) groups excluding carboxylic acids is 3. The highest BCUT2D eigenvalue weighted by Gasteiger charge is 2.21. The van der Waals surface area contributed by atoms with Gasteiger partial charge in [0.2, 0.25) is 11.8 Å². The van der Waals surface area contributed by atoms with Gasteiger partial charge in [-0.25, -0.2) is 0 Å². The van der Waals surface area contributed by atoms with Crippen LogP contribution in [-0.4, -0.2) is 29.0 Å². The summed E-state index contributed by atoms with van der Waals surface area (Å²) in [6.07, 6.45) is 2.14. The molecule has 1 aliphatic heterocycles. The van der Waals surface area contributed by atoms with Crippen molar-refractivity contribution >= 4 is 23.3 Å². The molecule has 0 saturated carbocycles. The Hall–Kier alpha value is -3.21. The molecule has 138 valence electrons. The fourth-order valence-electron chi connectivity index (χ4n) is 3.14. The van der Waals surface area contributed by atoms with Gasteiger partial charge < -0.3 is 10.2 Å². The van der Waals surface area contributed by atoms with E-state index in [-0.39, 0.29) is 17.6 Å². The van der Waals surface area contributed by atoms with Gasteiger partial charge in [0.25, 0.3) is 0 Å². The van der Waals surface area contributed by atoms with Crippen LogP contribution in [0.2, 0.25) is 0 Å². The molecule has 0 aliphatic carbocycles. The summed E-state index contributed by atoms with van der Waals surface area (Å²) in [5.74, 6) is -0.530. The summed E-state index contributed by atoms with van der Waals surface area (Å²) in [6, 6.07) is 14.8. The van der Waals surface area contributed by atoms with Crippen LogP contribution < -0.4 is 5.32 Å². The Kier molecular flexibility index (Phi) is 5.50. The number of nitrogens with zero attached hydrogens (tertiary/aromatic N) is 1. The molecular weight excluding hydrogens is 340 g/mol. The molecule has 2 amide bonds. The Morgan fingerprint density at radius 2 is 1.63 bits per heavy atom. The zero-order chi connectivity index (χ0) is 19.4. The minimum atomic E-state index is -0.367. The van der Waals surface area contributed by atoms with Gasteiger partial charge in [0.05, 0.1) is 0 Å². The van der Waals surface area contributed by atoms with Crippen molar-refractivity contribution in [2.75, 3.05) is 11.9 Å². The van der Waals surface area contributed by atoms with Crippen molar-refractivity contribution in [2.45, 2.75) is 26.8 Å². The van der Waals surface area contributed by atoms with Gasteiger partial charge >= 0.3 is 0 Å². The molecule has 1 aliphatic rings. The Bertz CT molecular complexity index is 913. The van der Waals surface area contributed by atoms with E-state index < -0.39 is 0 Å². The van der Waals surface area contributed by atoms with Crippen LogP contribution >= 0.6 is 0 Å². The van der Waals surface area contributed by atoms with Crippen LogP contribution in [0.25, 0.3) is 0 Å². The predicted molar refractivity (Wildman–Crippen MR) is 104 cm³/mol. The highest BCUT2D eigenvalue weighted by atomic mass is 16.2. The zero-order valence-electron chi connectivity index (χ0n) is 15.5. The van der Waals surface area contributed by atoms with E-state index in [4.69, 9.17) is 0 Å². The zero-order valence-corrected chi connectivity index (χ0v) is 15.5. The van der Waals surface area contributed by atoms with Crippen molar-refractivity contribution in [1.29, 1.82) is 0 Å². The van der Waals surface area contributed by atoms with E-state index in [9.17, 15) is 14.4 Å². The topological polar surface area (TPSA) is 66.5 Å². The fourth-order valence-corrected chi connectivity index (χ4v) is 3.14. The van der Waals surface area contributed by atoms with E-state index in [0.717, 1.165) is 12.0 Å². The molecule has 0 bridgehead atoms. The summed E-state index contributed by atoms with van der Waals surface area (Å²) in [7, 11) is 0. The molecule has 2 aromatic rings. The third kappa shape index (κ3) is 4.50. The molecule has 0 aromatic heterocycles. The van der Waals surface area contributed by atoms with Crippen LogP contribution in [-0.2, 0) is 22.6 Å². The monoisotopic (exact) mass is 362 g/mol. The first-order valence-corrected chi connectivity index (χ1v) is 8.90. The molecule has 0 radical (unpaired) electrons. The lowest BCUT2D eigenvalue weighted by Crippen LogP contribution is -2.36. The van der Waals surface area contributed by atoms with Gasteiger partial charge in [-0.3, -0.25) is 14.4 Å². The maximum absolute atomic E-state index is 12.7. The summed E-state index contributed by atoms with van der Waals surface area (Å²) in [6.45, 7) is 4.36. The smallest absolute Gasteiger partial charge is 0.249 e. The molecule has 2 aromatic carbocycles. The molecule has 0 fully saturated rings. The fraction of sp³-hybridized carbons (Fsp3) is 0.227. The van der Waals surface area contributed by atoms with E-state index in [0.29, 0.717) is 29.9 Å². The van der Waals surface area contributed by atoms with Crippen molar-refractivity contribution in [3.63, 3.8) is 0 Å². The van der Waals surface area contributed by atoms with Crippen LogP contribution in [0.3, 0.4) is 0 Å². The van der Waals surface area contributed by atoms with Crippen LogP contribution in [0.1, 0.15) is 35.3 Å². The maximum atomic E-state index is 12.7. The Labute approximate surface area is 158 Å². The highest BCUT2D eigenvalue weighted by molar-refractivity contribution is 6.06. The number of ketones is 1. The van der Waals surface area contributed by atoms with E-state index in [1.807, 2.05) is 18.2 Å². The number of nitrogens with one attached hydrogen (secondary N) is 1. The van der Waals surface area contributed by atoms with Crippen LogP contribution in [0, 0.1) is 0 Å². The number of hydrogen-bond acceptors (Lipinski definition) is 3. The van der Waals surface area contributed by atoms with Crippen molar-refractivity contribution in [2.24, 2.45) is 0 Å².